The Balaban J connectivity index is 1.64. The third kappa shape index (κ3) is 4.78. The fraction of sp³-hybridized carbons (Fsp3) is 0.167. The van der Waals surface area contributed by atoms with Gasteiger partial charge in [-0.3, -0.25) is 4.79 Å². The zero-order valence-corrected chi connectivity index (χ0v) is 15.3. The Kier molecular flexibility index (Phi) is 5.33. The van der Waals surface area contributed by atoms with Gasteiger partial charge in [-0.15, -0.1) is 5.10 Å². The molecular weight excluding hydrogens is 368 g/mol. The first-order chi connectivity index (χ1) is 12.8. The van der Waals surface area contributed by atoms with Crippen molar-refractivity contribution < 1.29 is 18.3 Å². The van der Waals surface area contributed by atoms with Gasteiger partial charge in [0.1, 0.15) is 0 Å². The van der Waals surface area contributed by atoms with Gasteiger partial charge in [0.05, 0.1) is 23.7 Å². The van der Waals surface area contributed by atoms with E-state index in [2.05, 4.69) is 15.6 Å². The molecule has 0 saturated carbocycles. The number of nitrogens with zero attached hydrogens (tertiary/aromatic N) is 3. The molecule has 0 spiro atoms. The highest BCUT2D eigenvalue weighted by atomic mass is 32.2. The van der Waals surface area contributed by atoms with Crippen molar-refractivity contribution in [1.29, 1.82) is 0 Å². The fourth-order valence-electron chi connectivity index (χ4n) is 2.43. The van der Waals surface area contributed by atoms with E-state index in [9.17, 15) is 18.3 Å². The van der Waals surface area contributed by atoms with E-state index in [1.165, 1.54) is 35.1 Å². The number of aliphatic hydroxyl groups excluding tert-OH is 1. The van der Waals surface area contributed by atoms with Crippen LogP contribution >= 0.6 is 0 Å². The molecule has 1 aromatic heterocycles. The molecule has 3 aromatic rings. The fourth-order valence-corrected chi connectivity index (χ4v) is 3.06. The van der Waals surface area contributed by atoms with E-state index in [0.717, 1.165) is 11.8 Å². The Bertz CT molecular complexity index is 1030. The first-order valence-corrected chi connectivity index (χ1v) is 9.97. The van der Waals surface area contributed by atoms with Crippen molar-refractivity contribution in [2.45, 2.75) is 17.5 Å². The minimum atomic E-state index is -3.29. The SMILES string of the molecule is CS(=O)(=O)c1ccc(NC(=O)c2cn(CC(O)c3ccccc3)nn2)cc1. The number of carbonyl (C=O) groups is 1. The molecular formula is C18H18N4O4S. The van der Waals surface area contributed by atoms with Crippen molar-refractivity contribution in [3.63, 3.8) is 0 Å². The van der Waals surface area contributed by atoms with Crippen LogP contribution in [0.3, 0.4) is 0 Å². The number of anilines is 1. The summed E-state index contributed by atoms with van der Waals surface area (Å²) in [7, 11) is -3.29. The van der Waals surface area contributed by atoms with Crippen molar-refractivity contribution in [2.75, 3.05) is 11.6 Å². The lowest BCUT2D eigenvalue weighted by molar-refractivity contribution is 0.102. The summed E-state index contributed by atoms with van der Waals surface area (Å²) < 4.78 is 24.3. The van der Waals surface area contributed by atoms with Crippen molar-refractivity contribution in [1.82, 2.24) is 15.0 Å². The van der Waals surface area contributed by atoms with Crippen LogP contribution < -0.4 is 5.32 Å². The van der Waals surface area contributed by atoms with Crippen LogP contribution in [-0.2, 0) is 16.4 Å². The van der Waals surface area contributed by atoms with E-state index < -0.39 is 21.8 Å². The van der Waals surface area contributed by atoms with Gasteiger partial charge in [0.2, 0.25) is 0 Å². The summed E-state index contributed by atoms with van der Waals surface area (Å²) in [5, 5.41) is 20.5. The minimum Gasteiger partial charge on any atom is -0.386 e. The van der Waals surface area contributed by atoms with E-state index in [4.69, 9.17) is 0 Å². The summed E-state index contributed by atoms with van der Waals surface area (Å²) in [6, 6.07) is 14.9. The van der Waals surface area contributed by atoms with Crippen LogP contribution in [0.2, 0.25) is 0 Å². The topological polar surface area (TPSA) is 114 Å². The monoisotopic (exact) mass is 386 g/mol. The summed E-state index contributed by atoms with van der Waals surface area (Å²) >= 11 is 0. The maximum atomic E-state index is 12.3. The molecule has 0 aliphatic heterocycles. The van der Waals surface area contributed by atoms with Crippen molar-refractivity contribution in [2.24, 2.45) is 0 Å². The summed E-state index contributed by atoms with van der Waals surface area (Å²) in [5.74, 6) is -0.484. The van der Waals surface area contributed by atoms with E-state index in [-0.39, 0.29) is 17.1 Å². The molecule has 0 fully saturated rings. The van der Waals surface area contributed by atoms with E-state index in [1.54, 1.807) is 12.1 Å². The van der Waals surface area contributed by atoms with Crippen LogP contribution in [0.25, 0.3) is 0 Å². The number of hydrogen-bond acceptors (Lipinski definition) is 6. The van der Waals surface area contributed by atoms with Crippen LogP contribution in [0.5, 0.6) is 0 Å². The maximum absolute atomic E-state index is 12.3. The molecule has 0 aliphatic carbocycles. The first kappa shape index (κ1) is 18.7. The van der Waals surface area contributed by atoms with Crippen LogP contribution in [0.4, 0.5) is 5.69 Å². The predicted molar refractivity (Wildman–Crippen MR) is 98.9 cm³/mol. The smallest absolute Gasteiger partial charge is 0.277 e. The van der Waals surface area contributed by atoms with Gasteiger partial charge in [-0.1, -0.05) is 35.5 Å². The molecule has 0 bridgehead atoms. The Morgan fingerprint density at radius 1 is 1.15 bits per heavy atom. The minimum absolute atomic E-state index is 0.0856. The van der Waals surface area contributed by atoms with Crippen LogP contribution in [0, 0.1) is 0 Å². The largest absolute Gasteiger partial charge is 0.386 e. The molecule has 0 aliphatic rings. The standard InChI is InChI=1S/C18H18N4O4S/c1-27(25,26)15-9-7-14(8-10-15)19-18(24)16-11-22(21-20-16)12-17(23)13-5-3-2-4-6-13/h2-11,17,23H,12H2,1H3,(H,19,24). The molecule has 0 radical (unpaired) electrons. The van der Waals surface area contributed by atoms with E-state index in [1.807, 2.05) is 18.2 Å². The molecule has 9 heteroatoms. The summed E-state index contributed by atoms with van der Waals surface area (Å²) in [5.41, 5.74) is 1.26. The number of nitrogens with one attached hydrogen (secondary N) is 1. The van der Waals surface area contributed by atoms with E-state index >= 15 is 0 Å². The molecule has 27 heavy (non-hydrogen) atoms. The average molecular weight is 386 g/mol. The molecule has 2 aromatic carbocycles. The lowest BCUT2D eigenvalue weighted by Crippen LogP contribution is -2.12. The number of aliphatic hydroxyl groups is 1. The number of benzene rings is 2. The zero-order chi connectivity index (χ0) is 19.4. The van der Waals surface area contributed by atoms with Gasteiger partial charge in [-0.25, -0.2) is 13.1 Å². The predicted octanol–water partition coefficient (Wildman–Crippen LogP) is 1.67. The molecule has 2 N–H and O–H groups in total. The second-order valence-electron chi connectivity index (χ2n) is 6.00. The summed E-state index contributed by atoms with van der Waals surface area (Å²) in [6.45, 7) is 0.160. The van der Waals surface area contributed by atoms with Gasteiger partial charge < -0.3 is 10.4 Å². The summed E-state index contributed by atoms with van der Waals surface area (Å²) in [4.78, 5) is 12.4. The van der Waals surface area contributed by atoms with Crippen molar-refractivity contribution in [3.05, 3.63) is 72.1 Å². The first-order valence-electron chi connectivity index (χ1n) is 8.07. The molecule has 1 amide bonds. The molecule has 0 saturated heterocycles. The number of hydrogen-bond donors (Lipinski definition) is 2. The second-order valence-corrected chi connectivity index (χ2v) is 8.02. The maximum Gasteiger partial charge on any atom is 0.277 e. The number of carbonyl (C=O) groups excluding carboxylic acids is 1. The normalized spacial score (nSPS) is 12.5. The molecule has 8 nitrogen and oxygen atoms in total. The Hall–Kier alpha value is -3.04. The highest BCUT2D eigenvalue weighted by molar-refractivity contribution is 7.90. The molecule has 1 heterocycles. The highest BCUT2D eigenvalue weighted by Crippen LogP contribution is 2.16. The summed E-state index contributed by atoms with van der Waals surface area (Å²) in [6.07, 6.45) is 1.78. The van der Waals surface area contributed by atoms with Gasteiger partial charge in [0.15, 0.2) is 15.5 Å². The Labute approximate surface area is 156 Å². The average Bonchev–Trinajstić information content (AvgIpc) is 3.11. The van der Waals surface area contributed by atoms with Gasteiger partial charge in [-0.05, 0) is 29.8 Å². The zero-order valence-electron chi connectivity index (χ0n) is 14.5. The number of rotatable bonds is 6. The molecule has 1 atom stereocenters. The number of sulfone groups is 1. The second kappa shape index (κ2) is 7.68. The Morgan fingerprint density at radius 3 is 2.44 bits per heavy atom. The molecule has 3 rings (SSSR count). The Morgan fingerprint density at radius 2 is 1.81 bits per heavy atom. The van der Waals surface area contributed by atoms with Crippen molar-refractivity contribution >= 4 is 21.4 Å². The quantitative estimate of drug-likeness (QED) is 0.666. The number of aromatic nitrogens is 3. The van der Waals surface area contributed by atoms with Gasteiger partial charge >= 0.3 is 0 Å². The third-order valence-electron chi connectivity index (χ3n) is 3.86. The molecule has 1 unspecified atom stereocenters. The van der Waals surface area contributed by atoms with Gasteiger partial charge in [0, 0.05) is 11.9 Å². The van der Waals surface area contributed by atoms with Gasteiger partial charge in [0.25, 0.3) is 5.91 Å². The van der Waals surface area contributed by atoms with Crippen LogP contribution in [0.1, 0.15) is 22.2 Å². The lowest BCUT2D eigenvalue weighted by atomic mass is 10.1. The van der Waals surface area contributed by atoms with E-state index in [0.29, 0.717) is 5.69 Å². The number of amides is 1. The van der Waals surface area contributed by atoms with Crippen LogP contribution in [-0.4, -0.2) is 40.7 Å². The third-order valence-corrected chi connectivity index (χ3v) is 4.98. The van der Waals surface area contributed by atoms with Crippen LogP contribution in [0.15, 0.2) is 65.7 Å². The van der Waals surface area contributed by atoms with Crippen molar-refractivity contribution in [3.8, 4) is 0 Å². The lowest BCUT2D eigenvalue weighted by Gasteiger charge is -2.09. The van der Waals surface area contributed by atoms with Gasteiger partial charge in [-0.2, -0.15) is 0 Å². The molecule has 140 valence electrons. The highest BCUT2D eigenvalue weighted by Gasteiger charge is 2.14.